The second-order valence-electron chi connectivity index (χ2n) is 4.71. The molecule has 0 aromatic heterocycles. The lowest BCUT2D eigenvalue weighted by molar-refractivity contribution is 0.273. The van der Waals surface area contributed by atoms with Gasteiger partial charge in [-0.2, -0.15) is 11.8 Å². The van der Waals surface area contributed by atoms with Crippen molar-refractivity contribution in [2.24, 2.45) is 5.92 Å². The predicted octanol–water partition coefficient (Wildman–Crippen LogP) is 1.22. The second kappa shape index (κ2) is 6.80. The van der Waals surface area contributed by atoms with Crippen molar-refractivity contribution in [2.75, 3.05) is 25.2 Å². The normalized spacial score (nSPS) is 19.2. The minimum atomic E-state index is -3.53. The van der Waals surface area contributed by atoms with Crippen LogP contribution in [0, 0.1) is 5.92 Å². The molecule has 1 unspecified atom stereocenters. The van der Waals surface area contributed by atoms with Crippen LogP contribution in [0.4, 0.5) is 0 Å². The number of aliphatic hydroxyl groups excluding tert-OH is 1. The number of aliphatic hydroxyl groups is 1. The summed E-state index contributed by atoms with van der Waals surface area (Å²) in [6, 6.07) is 4.50. The van der Waals surface area contributed by atoms with Gasteiger partial charge in [-0.25, -0.2) is 13.1 Å². The Bertz CT molecular complexity index is 553. The summed E-state index contributed by atoms with van der Waals surface area (Å²) in [6.07, 6.45) is 1.05. The lowest BCUT2D eigenvalue weighted by Crippen LogP contribution is -2.29. The molecule has 1 aliphatic rings. The Labute approximate surface area is 123 Å². The maximum atomic E-state index is 12.2. The van der Waals surface area contributed by atoms with E-state index in [1.165, 1.54) is 19.2 Å². The Balaban J connectivity index is 2.11. The van der Waals surface area contributed by atoms with Gasteiger partial charge in [-0.05, 0) is 42.0 Å². The standard InChI is InChI=1S/C13H19NO4S2/c1-18-13-3-2-12(6-11(13)8-15)20(16,17)14-7-10-4-5-19-9-10/h2-3,6,10,14-15H,4-5,7-9H2,1H3. The summed E-state index contributed by atoms with van der Waals surface area (Å²) in [5, 5.41) is 9.24. The van der Waals surface area contributed by atoms with Gasteiger partial charge >= 0.3 is 0 Å². The maximum Gasteiger partial charge on any atom is 0.240 e. The molecule has 7 heteroatoms. The first-order valence-electron chi connectivity index (χ1n) is 6.42. The smallest absolute Gasteiger partial charge is 0.240 e. The van der Waals surface area contributed by atoms with Gasteiger partial charge < -0.3 is 9.84 Å². The molecule has 5 nitrogen and oxygen atoms in total. The first-order chi connectivity index (χ1) is 9.56. The van der Waals surface area contributed by atoms with Crippen molar-refractivity contribution in [1.82, 2.24) is 4.72 Å². The highest BCUT2D eigenvalue weighted by molar-refractivity contribution is 7.99. The molecule has 0 amide bonds. The Hall–Kier alpha value is -0.760. The Morgan fingerprint density at radius 3 is 2.90 bits per heavy atom. The molecule has 2 N–H and O–H groups in total. The largest absolute Gasteiger partial charge is 0.496 e. The van der Waals surface area contributed by atoms with Gasteiger partial charge in [0.05, 0.1) is 18.6 Å². The molecule has 1 fully saturated rings. The lowest BCUT2D eigenvalue weighted by atomic mass is 10.1. The van der Waals surface area contributed by atoms with Crippen molar-refractivity contribution < 1.29 is 18.3 Å². The highest BCUT2D eigenvalue weighted by Gasteiger charge is 2.20. The summed E-state index contributed by atoms with van der Waals surface area (Å²) in [6.45, 7) is 0.210. The SMILES string of the molecule is COc1ccc(S(=O)(=O)NCC2CCSC2)cc1CO. The number of methoxy groups -OCH3 is 1. The van der Waals surface area contributed by atoms with Gasteiger partial charge in [0.15, 0.2) is 0 Å². The average molecular weight is 317 g/mol. The van der Waals surface area contributed by atoms with Gasteiger partial charge in [0.2, 0.25) is 10.0 Å². The number of nitrogens with one attached hydrogen (secondary N) is 1. The van der Waals surface area contributed by atoms with Crippen molar-refractivity contribution >= 4 is 21.8 Å². The third-order valence-corrected chi connectivity index (χ3v) is 5.97. The van der Waals surface area contributed by atoms with Crippen LogP contribution in [-0.4, -0.2) is 38.7 Å². The molecular formula is C13H19NO4S2. The van der Waals surface area contributed by atoms with Gasteiger partial charge in [0.1, 0.15) is 5.75 Å². The number of ether oxygens (including phenoxy) is 1. The minimum Gasteiger partial charge on any atom is -0.496 e. The van der Waals surface area contributed by atoms with E-state index >= 15 is 0 Å². The highest BCUT2D eigenvalue weighted by atomic mass is 32.2. The molecule has 0 bridgehead atoms. The predicted molar refractivity (Wildman–Crippen MR) is 79.5 cm³/mol. The van der Waals surface area contributed by atoms with Gasteiger partial charge in [-0.1, -0.05) is 0 Å². The van der Waals surface area contributed by atoms with Gasteiger partial charge in [-0.15, -0.1) is 0 Å². The van der Waals surface area contributed by atoms with Crippen molar-refractivity contribution in [3.05, 3.63) is 23.8 Å². The lowest BCUT2D eigenvalue weighted by Gasteiger charge is -2.12. The van der Waals surface area contributed by atoms with E-state index in [0.717, 1.165) is 17.9 Å². The fourth-order valence-electron chi connectivity index (χ4n) is 2.10. The number of thioether (sulfide) groups is 1. The van der Waals surface area contributed by atoms with E-state index in [0.29, 0.717) is 23.8 Å². The maximum absolute atomic E-state index is 12.2. The number of rotatable bonds is 6. The number of hydrogen-bond donors (Lipinski definition) is 2. The Kier molecular flexibility index (Phi) is 5.31. The van der Waals surface area contributed by atoms with E-state index in [4.69, 9.17) is 4.74 Å². The molecular weight excluding hydrogens is 298 g/mol. The summed E-state index contributed by atoms with van der Waals surface area (Å²) in [4.78, 5) is 0.160. The van der Waals surface area contributed by atoms with E-state index in [1.807, 2.05) is 11.8 Å². The molecule has 0 radical (unpaired) electrons. The van der Waals surface area contributed by atoms with Crippen LogP contribution in [0.3, 0.4) is 0 Å². The van der Waals surface area contributed by atoms with E-state index in [1.54, 1.807) is 6.07 Å². The molecule has 20 heavy (non-hydrogen) atoms. The first kappa shape index (κ1) is 15.6. The highest BCUT2D eigenvalue weighted by Crippen LogP contribution is 2.24. The fourth-order valence-corrected chi connectivity index (χ4v) is 4.55. The minimum absolute atomic E-state index is 0.160. The fraction of sp³-hybridized carbons (Fsp3) is 0.538. The van der Waals surface area contributed by atoms with Crippen LogP contribution < -0.4 is 9.46 Å². The molecule has 1 saturated heterocycles. The summed E-state index contributed by atoms with van der Waals surface area (Å²) in [5.41, 5.74) is 0.465. The average Bonchev–Trinajstić information content (AvgIpc) is 2.97. The monoisotopic (exact) mass is 317 g/mol. The quantitative estimate of drug-likeness (QED) is 0.825. The molecule has 1 aliphatic heterocycles. The van der Waals surface area contributed by atoms with Crippen molar-refractivity contribution in [3.63, 3.8) is 0 Å². The molecule has 2 rings (SSSR count). The van der Waals surface area contributed by atoms with E-state index in [2.05, 4.69) is 4.72 Å². The molecule has 1 atom stereocenters. The van der Waals surface area contributed by atoms with E-state index in [-0.39, 0.29) is 11.5 Å². The number of benzene rings is 1. The summed E-state index contributed by atoms with van der Waals surface area (Å²) in [7, 11) is -2.05. The molecule has 1 aromatic rings. The van der Waals surface area contributed by atoms with Crippen LogP contribution in [0.25, 0.3) is 0 Å². The zero-order valence-electron chi connectivity index (χ0n) is 11.3. The summed E-state index contributed by atoms with van der Waals surface area (Å²) >= 11 is 1.86. The first-order valence-corrected chi connectivity index (χ1v) is 9.06. The third-order valence-electron chi connectivity index (χ3n) is 3.32. The van der Waals surface area contributed by atoms with E-state index < -0.39 is 10.0 Å². The van der Waals surface area contributed by atoms with Gasteiger partial charge in [-0.3, -0.25) is 0 Å². The zero-order valence-corrected chi connectivity index (χ0v) is 13.0. The molecule has 0 spiro atoms. The second-order valence-corrected chi connectivity index (χ2v) is 7.63. The topological polar surface area (TPSA) is 75.6 Å². The summed E-state index contributed by atoms with van der Waals surface area (Å²) in [5.74, 6) is 3.00. The van der Waals surface area contributed by atoms with E-state index in [9.17, 15) is 13.5 Å². The van der Waals surface area contributed by atoms with Crippen LogP contribution in [0.1, 0.15) is 12.0 Å². The molecule has 0 saturated carbocycles. The van der Waals surface area contributed by atoms with Crippen LogP contribution in [-0.2, 0) is 16.6 Å². The van der Waals surface area contributed by atoms with Crippen LogP contribution in [0.5, 0.6) is 5.75 Å². The van der Waals surface area contributed by atoms with Crippen LogP contribution in [0.15, 0.2) is 23.1 Å². The van der Waals surface area contributed by atoms with Gasteiger partial charge in [0, 0.05) is 12.1 Å². The third kappa shape index (κ3) is 3.66. The number of hydrogen-bond acceptors (Lipinski definition) is 5. The van der Waals surface area contributed by atoms with Gasteiger partial charge in [0.25, 0.3) is 0 Å². The van der Waals surface area contributed by atoms with Crippen molar-refractivity contribution in [3.8, 4) is 5.75 Å². The van der Waals surface area contributed by atoms with Crippen molar-refractivity contribution in [2.45, 2.75) is 17.9 Å². The van der Waals surface area contributed by atoms with Crippen molar-refractivity contribution in [1.29, 1.82) is 0 Å². The molecule has 0 aliphatic carbocycles. The Morgan fingerprint density at radius 1 is 1.50 bits per heavy atom. The zero-order chi connectivity index (χ0) is 14.6. The molecule has 1 aromatic carbocycles. The molecule has 1 heterocycles. The van der Waals surface area contributed by atoms with Crippen LogP contribution in [0.2, 0.25) is 0 Å². The van der Waals surface area contributed by atoms with Crippen LogP contribution >= 0.6 is 11.8 Å². The number of sulfonamides is 1. The molecule has 112 valence electrons. The summed E-state index contributed by atoms with van der Waals surface area (Å²) < 4.78 is 32.1. The Morgan fingerprint density at radius 2 is 2.30 bits per heavy atom.